The lowest BCUT2D eigenvalue weighted by molar-refractivity contribution is -0.927. The Kier molecular flexibility index (Phi) is 7.94. The van der Waals surface area contributed by atoms with E-state index in [0.29, 0.717) is 0 Å². The van der Waals surface area contributed by atoms with Gasteiger partial charge in [0.15, 0.2) is 0 Å². The van der Waals surface area contributed by atoms with Crippen LogP contribution in [0.1, 0.15) is 32.3 Å². The Labute approximate surface area is 142 Å². The van der Waals surface area contributed by atoms with Crippen LogP contribution in [0.5, 0.6) is 0 Å². The molecule has 1 rings (SSSR count). The van der Waals surface area contributed by atoms with Crippen LogP contribution in [0.15, 0.2) is 24.3 Å². The number of hydrogen-bond donors (Lipinski definition) is 0. The molecule has 1 unspecified atom stereocenters. The summed E-state index contributed by atoms with van der Waals surface area (Å²) in [5, 5.41) is 0.865. The molecule has 0 bridgehead atoms. The lowest BCUT2D eigenvalue weighted by atomic mass is 10.1. The second-order valence-corrected chi connectivity index (χ2v) is 6.82. The first-order valence-electron chi connectivity index (χ1n) is 7.29. The Morgan fingerprint density at radius 2 is 1.80 bits per heavy atom. The highest BCUT2D eigenvalue weighted by Crippen LogP contribution is 2.24. The zero-order valence-electron chi connectivity index (χ0n) is 12.4. The average Bonchev–Trinajstić information content (AvgIpc) is 2.45. The zero-order chi connectivity index (χ0) is 15.0. The fraction of sp³-hybridized carbons (Fsp3) is 0.529. The first-order chi connectivity index (χ1) is 9.59. The van der Waals surface area contributed by atoms with E-state index in [2.05, 4.69) is 54.5 Å². The number of alkyl halides is 1. The highest BCUT2D eigenvalue weighted by molar-refractivity contribution is 14.1. The van der Waals surface area contributed by atoms with Gasteiger partial charge < -0.3 is 4.48 Å². The van der Waals surface area contributed by atoms with E-state index in [-0.39, 0.29) is 4.05 Å². The van der Waals surface area contributed by atoms with Crippen LogP contribution in [0.3, 0.4) is 0 Å². The van der Waals surface area contributed by atoms with Crippen LogP contribution < -0.4 is 0 Å². The number of nitrogens with zero attached hydrogens (tertiary/aromatic N) is 1. The van der Waals surface area contributed by atoms with Crippen LogP contribution in [0.4, 0.5) is 0 Å². The molecule has 0 saturated carbocycles. The van der Waals surface area contributed by atoms with E-state index in [0.717, 1.165) is 48.4 Å². The van der Waals surface area contributed by atoms with E-state index >= 15 is 0 Å². The molecule has 0 amide bonds. The maximum atomic E-state index is 6.27. The minimum atomic E-state index is 0.231. The summed E-state index contributed by atoms with van der Waals surface area (Å²) in [4.78, 5) is 0. The van der Waals surface area contributed by atoms with Gasteiger partial charge in [-0.1, -0.05) is 43.6 Å². The molecule has 20 heavy (non-hydrogen) atoms. The number of hydrogen-bond acceptors (Lipinski definition) is 0. The molecule has 1 aromatic carbocycles. The van der Waals surface area contributed by atoms with Gasteiger partial charge in [0.05, 0.1) is 19.6 Å². The molecule has 0 spiro atoms. The van der Waals surface area contributed by atoms with E-state index in [1.54, 1.807) is 0 Å². The third-order valence-electron chi connectivity index (χ3n) is 3.74. The third kappa shape index (κ3) is 4.65. The molecule has 0 aromatic heterocycles. The predicted molar refractivity (Wildman–Crippen MR) is 97.2 cm³/mol. The summed E-state index contributed by atoms with van der Waals surface area (Å²) >= 11 is 8.69. The van der Waals surface area contributed by atoms with E-state index in [1.807, 2.05) is 12.1 Å². The molecule has 0 aliphatic heterocycles. The van der Waals surface area contributed by atoms with Crippen molar-refractivity contribution in [3.63, 3.8) is 0 Å². The van der Waals surface area contributed by atoms with Crippen LogP contribution in [-0.2, 0) is 6.42 Å². The number of halogens is 2. The molecule has 0 radical (unpaired) electrons. The van der Waals surface area contributed by atoms with Crippen molar-refractivity contribution >= 4 is 34.2 Å². The SMILES string of the molecule is C#CC(I)[N+](CCC)(CCC)CCc1ccccc1Cl. The minimum Gasteiger partial charge on any atom is -0.303 e. The number of rotatable bonds is 8. The van der Waals surface area contributed by atoms with Crippen LogP contribution in [-0.4, -0.2) is 28.2 Å². The molecule has 0 aliphatic rings. The number of benzene rings is 1. The largest absolute Gasteiger partial charge is 0.303 e. The van der Waals surface area contributed by atoms with Gasteiger partial charge in [-0.2, -0.15) is 0 Å². The van der Waals surface area contributed by atoms with Gasteiger partial charge in [-0.25, -0.2) is 0 Å². The zero-order valence-corrected chi connectivity index (χ0v) is 15.3. The van der Waals surface area contributed by atoms with Gasteiger partial charge in [0.25, 0.3) is 0 Å². The van der Waals surface area contributed by atoms with E-state index < -0.39 is 0 Å². The number of terminal acetylenes is 1. The molecule has 0 N–H and O–H groups in total. The Bertz CT molecular complexity index is 447. The maximum Gasteiger partial charge on any atom is 0.200 e. The van der Waals surface area contributed by atoms with Crippen molar-refractivity contribution in [2.75, 3.05) is 19.6 Å². The van der Waals surface area contributed by atoms with Crippen molar-refractivity contribution in [1.82, 2.24) is 0 Å². The maximum absolute atomic E-state index is 6.27. The van der Waals surface area contributed by atoms with Crippen LogP contribution in [0.25, 0.3) is 0 Å². The summed E-state index contributed by atoms with van der Waals surface area (Å²) in [5.74, 6) is 2.95. The van der Waals surface area contributed by atoms with E-state index in [1.165, 1.54) is 5.56 Å². The highest BCUT2D eigenvalue weighted by atomic mass is 127. The molecular weight excluding hydrogens is 381 g/mol. The second kappa shape index (κ2) is 8.92. The standard InChI is InChI=1S/C17H24ClIN/c1-4-12-20(13-5-2,17(19)6-3)14-11-15-9-7-8-10-16(15)18/h3,7-10,17H,4-5,11-14H2,1-2H3/q+1. The van der Waals surface area contributed by atoms with Gasteiger partial charge in [-0.05, 0) is 30.4 Å². The van der Waals surface area contributed by atoms with E-state index in [4.69, 9.17) is 18.0 Å². The monoisotopic (exact) mass is 404 g/mol. The molecule has 0 heterocycles. The molecule has 0 fully saturated rings. The fourth-order valence-electron chi connectivity index (χ4n) is 2.77. The van der Waals surface area contributed by atoms with Gasteiger partial charge in [-0.15, -0.1) is 6.42 Å². The van der Waals surface area contributed by atoms with Crippen LogP contribution in [0, 0.1) is 12.3 Å². The molecule has 1 nitrogen and oxygen atoms in total. The minimum absolute atomic E-state index is 0.231. The van der Waals surface area contributed by atoms with Gasteiger partial charge in [0.2, 0.25) is 4.05 Å². The van der Waals surface area contributed by atoms with Gasteiger partial charge in [0, 0.05) is 34.0 Å². The van der Waals surface area contributed by atoms with Crippen molar-refractivity contribution in [3.8, 4) is 12.3 Å². The van der Waals surface area contributed by atoms with Gasteiger partial charge in [0.1, 0.15) is 0 Å². The van der Waals surface area contributed by atoms with Crippen LogP contribution in [0.2, 0.25) is 5.02 Å². The highest BCUT2D eigenvalue weighted by Gasteiger charge is 2.32. The molecule has 1 aromatic rings. The summed E-state index contributed by atoms with van der Waals surface area (Å²) in [6.45, 7) is 7.80. The molecule has 3 heteroatoms. The summed E-state index contributed by atoms with van der Waals surface area (Å²) in [6.07, 6.45) is 9.02. The van der Waals surface area contributed by atoms with Crippen molar-refractivity contribution in [3.05, 3.63) is 34.9 Å². The van der Waals surface area contributed by atoms with Gasteiger partial charge in [-0.3, -0.25) is 0 Å². The molecule has 1 atom stereocenters. The topological polar surface area (TPSA) is 0 Å². The normalized spacial score (nSPS) is 12.9. The molecule has 0 saturated heterocycles. The first-order valence-corrected chi connectivity index (χ1v) is 8.91. The average molecular weight is 405 g/mol. The molecule has 0 aliphatic carbocycles. The second-order valence-electron chi connectivity index (χ2n) is 5.23. The Balaban J connectivity index is 2.89. The molecule has 110 valence electrons. The number of quaternary nitrogens is 1. The lowest BCUT2D eigenvalue weighted by Gasteiger charge is -2.40. The van der Waals surface area contributed by atoms with Crippen molar-refractivity contribution in [1.29, 1.82) is 0 Å². The van der Waals surface area contributed by atoms with Gasteiger partial charge >= 0.3 is 0 Å². The smallest absolute Gasteiger partial charge is 0.200 e. The first kappa shape index (κ1) is 17.8. The Hall–Kier alpha value is -0.240. The van der Waals surface area contributed by atoms with Crippen molar-refractivity contribution in [2.24, 2.45) is 0 Å². The fourth-order valence-corrected chi connectivity index (χ4v) is 3.83. The predicted octanol–water partition coefficient (Wildman–Crippen LogP) is 4.91. The summed E-state index contributed by atoms with van der Waals surface area (Å²) in [7, 11) is 0. The third-order valence-corrected chi connectivity index (χ3v) is 5.65. The summed E-state index contributed by atoms with van der Waals surface area (Å²) in [6, 6.07) is 8.12. The quantitative estimate of drug-likeness (QED) is 0.190. The van der Waals surface area contributed by atoms with Crippen molar-refractivity contribution < 1.29 is 4.48 Å². The summed E-state index contributed by atoms with van der Waals surface area (Å²) < 4.78 is 1.23. The lowest BCUT2D eigenvalue weighted by Crippen LogP contribution is -2.54. The van der Waals surface area contributed by atoms with Crippen molar-refractivity contribution in [2.45, 2.75) is 37.2 Å². The van der Waals surface area contributed by atoms with E-state index in [9.17, 15) is 0 Å². The van der Waals surface area contributed by atoms with Crippen LogP contribution >= 0.6 is 34.2 Å². The molecular formula is C17H24ClIN+. The summed E-state index contributed by atoms with van der Waals surface area (Å²) in [5.41, 5.74) is 1.23. The Morgan fingerprint density at radius 3 is 2.30 bits per heavy atom. The Morgan fingerprint density at radius 1 is 1.20 bits per heavy atom.